The van der Waals surface area contributed by atoms with Crippen LogP contribution >= 0.6 is 11.6 Å². The Labute approximate surface area is 102 Å². The quantitative estimate of drug-likeness (QED) is 0.858. The minimum atomic E-state index is -4.39. The predicted octanol–water partition coefficient (Wildman–Crippen LogP) is 3.13. The summed E-state index contributed by atoms with van der Waals surface area (Å²) in [6.45, 7) is 1.46. The fraction of sp³-hybridized carbons (Fsp3) is 0.455. The average Bonchev–Trinajstić information content (AvgIpc) is 2.72. The summed E-state index contributed by atoms with van der Waals surface area (Å²) in [5.74, 6) is 0. The highest BCUT2D eigenvalue weighted by Crippen LogP contribution is 2.38. The summed E-state index contributed by atoms with van der Waals surface area (Å²) in [6.07, 6.45) is -3.60. The van der Waals surface area contributed by atoms with Crippen molar-refractivity contribution in [3.05, 3.63) is 28.8 Å². The van der Waals surface area contributed by atoms with Gasteiger partial charge in [-0.25, -0.2) is 0 Å². The molecule has 0 aromatic heterocycles. The molecule has 2 rings (SSSR count). The Bertz CT molecular complexity index is 400. The van der Waals surface area contributed by atoms with Gasteiger partial charge in [0.2, 0.25) is 0 Å². The lowest BCUT2D eigenvalue weighted by Gasteiger charge is -2.19. The van der Waals surface area contributed by atoms with Crippen molar-refractivity contribution < 1.29 is 13.2 Å². The summed E-state index contributed by atoms with van der Waals surface area (Å²) < 4.78 is 38.4. The first-order valence-corrected chi connectivity index (χ1v) is 5.69. The van der Waals surface area contributed by atoms with Crippen LogP contribution < -0.4 is 10.6 Å². The molecule has 2 N–H and O–H groups in total. The van der Waals surface area contributed by atoms with E-state index in [1.165, 1.54) is 12.1 Å². The average molecular weight is 265 g/mol. The third kappa shape index (κ3) is 2.84. The zero-order valence-electron chi connectivity index (χ0n) is 8.94. The zero-order chi connectivity index (χ0) is 12.5. The monoisotopic (exact) mass is 264 g/mol. The number of hydrogen-bond donors (Lipinski definition) is 2. The number of alkyl halides is 3. The molecule has 0 saturated carbocycles. The molecule has 6 heteroatoms. The summed E-state index contributed by atoms with van der Waals surface area (Å²) >= 11 is 5.83. The van der Waals surface area contributed by atoms with Gasteiger partial charge in [-0.2, -0.15) is 13.2 Å². The topological polar surface area (TPSA) is 24.1 Å². The van der Waals surface area contributed by atoms with Crippen molar-refractivity contribution in [3.8, 4) is 0 Å². The Morgan fingerprint density at radius 3 is 2.71 bits per heavy atom. The van der Waals surface area contributed by atoms with Gasteiger partial charge in [-0.1, -0.05) is 17.7 Å². The van der Waals surface area contributed by atoms with E-state index in [1.54, 1.807) is 0 Å². The van der Waals surface area contributed by atoms with Gasteiger partial charge in [-0.15, -0.1) is 0 Å². The first kappa shape index (κ1) is 12.5. The van der Waals surface area contributed by atoms with E-state index in [2.05, 4.69) is 10.6 Å². The van der Waals surface area contributed by atoms with Crippen LogP contribution in [0.3, 0.4) is 0 Å². The van der Waals surface area contributed by atoms with E-state index in [1.807, 2.05) is 0 Å². The number of rotatable bonds is 2. The van der Waals surface area contributed by atoms with Gasteiger partial charge in [-0.3, -0.25) is 0 Å². The molecular formula is C11H12ClF3N2. The van der Waals surface area contributed by atoms with Gasteiger partial charge >= 0.3 is 6.18 Å². The van der Waals surface area contributed by atoms with Crippen molar-refractivity contribution in [2.45, 2.75) is 18.6 Å². The van der Waals surface area contributed by atoms with Crippen LogP contribution in [0, 0.1) is 0 Å². The standard InChI is InChI=1S/C11H12ClF3N2/c12-9-3-1-2-8(11(13,14)15)10(9)17-7-4-5-16-6-7/h1-3,7,16-17H,4-6H2. The van der Waals surface area contributed by atoms with E-state index in [-0.39, 0.29) is 16.8 Å². The van der Waals surface area contributed by atoms with Crippen LogP contribution in [0.4, 0.5) is 18.9 Å². The third-order valence-corrected chi connectivity index (χ3v) is 3.04. The highest BCUT2D eigenvalue weighted by molar-refractivity contribution is 6.33. The molecule has 0 radical (unpaired) electrons. The minimum absolute atomic E-state index is 0.00370. The number of para-hydroxylation sites is 1. The molecule has 2 nitrogen and oxygen atoms in total. The molecule has 0 spiro atoms. The van der Waals surface area contributed by atoms with Gasteiger partial charge in [0.05, 0.1) is 16.3 Å². The molecule has 1 fully saturated rings. The van der Waals surface area contributed by atoms with E-state index >= 15 is 0 Å². The van der Waals surface area contributed by atoms with Crippen LogP contribution in [0.25, 0.3) is 0 Å². The van der Waals surface area contributed by atoms with E-state index < -0.39 is 11.7 Å². The number of halogens is 4. The van der Waals surface area contributed by atoms with Crippen LogP contribution in [-0.2, 0) is 6.18 Å². The molecule has 17 heavy (non-hydrogen) atoms. The second kappa shape index (κ2) is 4.74. The molecule has 0 amide bonds. The Morgan fingerprint density at radius 1 is 1.35 bits per heavy atom. The molecule has 1 saturated heterocycles. The molecule has 0 aliphatic carbocycles. The van der Waals surface area contributed by atoms with Crippen LogP contribution in [0.1, 0.15) is 12.0 Å². The molecule has 1 aromatic carbocycles. The second-order valence-electron chi connectivity index (χ2n) is 3.99. The zero-order valence-corrected chi connectivity index (χ0v) is 9.70. The maximum atomic E-state index is 12.8. The molecule has 0 bridgehead atoms. The molecule has 1 unspecified atom stereocenters. The first-order chi connectivity index (χ1) is 7.98. The van der Waals surface area contributed by atoms with Crippen molar-refractivity contribution in [1.82, 2.24) is 5.32 Å². The van der Waals surface area contributed by atoms with Gasteiger partial charge in [-0.05, 0) is 25.1 Å². The van der Waals surface area contributed by atoms with Gasteiger partial charge in [0.15, 0.2) is 0 Å². The maximum Gasteiger partial charge on any atom is 0.418 e. The SMILES string of the molecule is FC(F)(F)c1cccc(Cl)c1NC1CCNC1. The van der Waals surface area contributed by atoms with Crippen molar-refractivity contribution in [2.24, 2.45) is 0 Å². The van der Waals surface area contributed by atoms with Crippen molar-refractivity contribution in [1.29, 1.82) is 0 Å². The van der Waals surface area contributed by atoms with Gasteiger partial charge in [0.25, 0.3) is 0 Å². The summed E-state index contributed by atoms with van der Waals surface area (Å²) in [5, 5.41) is 6.06. The van der Waals surface area contributed by atoms with Gasteiger partial charge in [0, 0.05) is 12.6 Å². The van der Waals surface area contributed by atoms with Crippen LogP contribution in [-0.4, -0.2) is 19.1 Å². The molecule has 1 aliphatic rings. The van der Waals surface area contributed by atoms with Crippen molar-refractivity contribution in [2.75, 3.05) is 18.4 Å². The van der Waals surface area contributed by atoms with Gasteiger partial charge in [0.1, 0.15) is 0 Å². The predicted molar refractivity (Wildman–Crippen MR) is 61.4 cm³/mol. The fourth-order valence-corrected chi connectivity index (χ4v) is 2.12. The molecule has 94 valence electrons. The highest BCUT2D eigenvalue weighted by Gasteiger charge is 2.35. The molecular weight excluding hydrogens is 253 g/mol. The maximum absolute atomic E-state index is 12.8. The number of hydrogen-bond acceptors (Lipinski definition) is 2. The Balaban J connectivity index is 2.30. The van der Waals surface area contributed by atoms with Crippen LogP contribution in [0.5, 0.6) is 0 Å². The molecule has 1 heterocycles. The number of anilines is 1. The molecule has 1 atom stereocenters. The smallest absolute Gasteiger partial charge is 0.379 e. The van der Waals surface area contributed by atoms with Crippen LogP contribution in [0.15, 0.2) is 18.2 Å². The first-order valence-electron chi connectivity index (χ1n) is 5.31. The Hall–Kier alpha value is -0.940. The van der Waals surface area contributed by atoms with Crippen molar-refractivity contribution in [3.63, 3.8) is 0 Å². The number of benzene rings is 1. The normalized spacial score (nSPS) is 20.6. The fourth-order valence-electron chi connectivity index (χ4n) is 1.89. The van der Waals surface area contributed by atoms with E-state index in [4.69, 9.17) is 11.6 Å². The van der Waals surface area contributed by atoms with E-state index in [9.17, 15) is 13.2 Å². The summed E-state index contributed by atoms with van der Waals surface area (Å²) in [4.78, 5) is 0. The lowest BCUT2D eigenvalue weighted by Crippen LogP contribution is -2.24. The largest absolute Gasteiger partial charge is 0.418 e. The van der Waals surface area contributed by atoms with E-state index in [0.717, 1.165) is 19.0 Å². The van der Waals surface area contributed by atoms with E-state index in [0.29, 0.717) is 6.54 Å². The van der Waals surface area contributed by atoms with Gasteiger partial charge < -0.3 is 10.6 Å². The Morgan fingerprint density at radius 2 is 2.12 bits per heavy atom. The second-order valence-corrected chi connectivity index (χ2v) is 4.40. The van der Waals surface area contributed by atoms with Crippen molar-refractivity contribution >= 4 is 17.3 Å². The summed E-state index contributed by atoms with van der Waals surface area (Å²) in [5.41, 5.74) is -0.729. The lowest BCUT2D eigenvalue weighted by atomic mass is 10.1. The summed E-state index contributed by atoms with van der Waals surface area (Å²) in [7, 11) is 0. The minimum Gasteiger partial charge on any atom is -0.379 e. The Kier molecular flexibility index (Phi) is 3.49. The van der Waals surface area contributed by atoms with Crippen LogP contribution in [0.2, 0.25) is 5.02 Å². The third-order valence-electron chi connectivity index (χ3n) is 2.73. The summed E-state index contributed by atoms with van der Waals surface area (Å²) in [6, 6.07) is 3.80. The molecule has 1 aliphatic heterocycles. The molecule has 1 aromatic rings. The lowest BCUT2D eigenvalue weighted by molar-refractivity contribution is -0.137. The number of nitrogens with one attached hydrogen (secondary N) is 2. The highest BCUT2D eigenvalue weighted by atomic mass is 35.5.